The van der Waals surface area contributed by atoms with Gasteiger partial charge in [-0.15, -0.1) is 0 Å². The second kappa shape index (κ2) is 7.45. The van der Waals surface area contributed by atoms with Gasteiger partial charge in [-0.25, -0.2) is 0 Å². The van der Waals surface area contributed by atoms with Crippen LogP contribution in [0.15, 0.2) is 0 Å². The molecule has 0 amide bonds. The standard InChI is InChI=1S/C9H19O9SSe/c10-1-8(18-19(15,16)17)5(11)2-20-3-6(12)9(14)7(13)4-20/h5-14H,1-4H2,(H,15,16,17)/t5-,6-,7+,8+,9?/m1/s1. The molecular weight excluding hydrogens is 363 g/mol. The zero-order valence-corrected chi connectivity index (χ0v) is 13.0. The molecule has 1 fully saturated rings. The van der Waals surface area contributed by atoms with Gasteiger partial charge < -0.3 is 0 Å². The van der Waals surface area contributed by atoms with Crippen molar-refractivity contribution in [1.82, 2.24) is 0 Å². The van der Waals surface area contributed by atoms with E-state index in [0.29, 0.717) is 0 Å². The zero-order chi connectivity index (χ0) is 15.5. The molecule has 0 aromatic heterocycles. The average molecular weight is 382 g/mol. The van der Waals surface area contributed by atoms with Crippen LogP contribution < -0.4 is 0 Å². The molecule has 11 heteroatoms. The molecule has 1 heterocycles. The first-order valence-electron chi connectivity index (χ1n) is 5.77. The Hall–Kier alpha value is 0.189. The maximum absolute atomic E-state index is 10.6. The molecule has 121 valence electrons. The zero-order valence-electron chi connectivity index (χ0n) is 10.4. The average Bonchev–Trinajstić information content (AvgIpc) is 2.31. The van der Waals surface area contributed by atoms with E-state index in [9.17, 15) is 28.8 Å². The first-order valence-corrected chi connectivity index (χ1v) is 10.8. The summed E-state index contributed by atoms with van der Waals surface area (Å²) in [4.78, 5) is 0. The van der Waals surface area contributed by atoms with Crippen molar-refractivity contribution >= 4 is 24.3 Å². The molecule has 0 aromatic carbocycles. The SMILES string of the molecule is O=S(=O)(O)O[C@@H](CO)[C@H](O)C[Se]1C[C@@H](O)C(O)[C@@H](O)C1. The van der Waals surface area contributed by atoms with Crippen LogP contribution in [0.25, 0.3) is 0 Å². The molecule has 9 nitrogen and oxygen atoms in total. The minimum absolute atomic E-state index is 0.0571. The third-order valence-electron chi connectivity index (χ3n) is 2.86. The Kier molecular flexibility index (Phi) is 6.80. The summed E-state index contributed by atoms with van der Waals surface area (Å²) in [6.07, 6.45) is -6.27. The van der Waals surface area contributed by atoms with Crippen molar-refractivity contribution in [2.24, 2.45) is 0 Å². The van der Waals surface area contributed by atoms with E-state index in [0.717, 1.165) is 0 Å². The van der Waals surface area contributed by atoms with Crippen LogP contribution in [0, 0.1) is 0 Å². The molecule has 0 aromatic rings. The van der Waals surface area contributed by atoms with E-state index < -0.39 is 61.4 Å². The van der Waals surface area contributed by atoms with Crippen LogP contribution >= 0.6 is 0 Å². The summed E-state index contributed by atoms with van der Waals surface area (Å²) in [6, 6.07) is 0. The summed E-state index contributed by atoms with van der Waals surface area (Å²) >= 11 is -1.71. The molecule has 1 aliphatic heterocycles. The summed E-state index contributed by atoms with van der Waals surface area (Å²) in [6.45, 7) is -0.812. The first kappa shape index (κ1) is 18.2. The van der Waals surface area contributed by atoms with Crippen molar-refractivity contribution in [2.75, 3.05) is 6.61 Å². The number of aliphatic hydroxyl groups excluding tert-OH is 5. The van der Waals surface area contributed by atoms with E-state index in [1.807, 2.05) is 0 Å². The van der Waals surface area contributed by atoms with Gasteiger partial charge in [-0.2, -0.15) is 0 Å². The van der Waals surface area contributed by atoms with Gasteiger partial charge >= 0.3 is 120 Å². The van der Waals surface area contributed by atoms with Gasteiger partial charge in [-0.05, 0) is 0 Å². The quantitative estimate of drug-likeness (QED) is 0.209. The molecule has 1 aliphatic rings. The summed E-state index contributed by atoms with van der Waals surface area (Å²) < 4.78 is 33.8. The normalized spacial score (nSPS) is 32.0. The predicted octanol–water partition coefficient (Wildman–Crippen LogP) is -2.88. The van der Waals surface area contributed by atoms with E-state index in [2.05, 4.69) is 4.18 Å². The molecule has 1 saturated heterocycles. The van der Waals surface area contributed by atoms with Crippen molar-refractivity contribution in [3.63, 3.8) is 0 Å². The molecule has 0 saturated carbocycles. The van der Waals surface area contributed by atoms with Gasteiger partial charge in [0.25, 0.3) is 0 Å². The van der Waals surface area contributed by atoms with Crippen LogP contribution in [0.4, 0.5) is 0 Å². The summed E-state index contributed by atoms with van der Waals surface area (Å²) in [7, 11) is -4.80. The van der Waals surface area contributed by atoms with E-state index in [-0.39, 0.29) is 16.0 Å². The van der Waals surface area contributed by atoms with Gasteiger partial charge in [-0.3, -0.25) is 0 Å². The number of aliphatic hydroxyl groups is 5. The Morgan fingerprint density at radius 2 is 1.70 bits per heavy atom. The van der Waals surface area contributed by atoms with Crippen LogP contribution in [0.3, 0.4) is 0 Å². The van der Waals surface area contributed by atoms with Crippen molar-refractivity contribution in [3.05, 3.63) is 0 Å². The van der Waals surface area contributed by atoms with E-state index >= 15 is 0 Å². The second-order valence-electron chi connectivity index (χ2n) is 4.55. The van der Waals surface area contributed by atoms with Crippen molar-refractivity contribution in [3.8, 4) is 0 Å². The van der Waals surface area contributed by atoms with Crippen molar-refractivity contribution < 1.29 is 42.7 Å². The Bertz CT molecular complexity index is 390. The number of rotatable bonds is 6. The molecule has 6 N–H and O–H groups in total. The fourth-order valence-corrected chi connectivity index (χ4v) is 7.54. The van der Waals surface area contributed by atoms with E-state index in [1.165, 1.54) is 0 Å². The second-order valence-corrected chi connectivity index (χ2v) is 10.3. The Balaban J connectivity index is 2.58. The van der Waals surface area contributed by atoms with Gasteiger partial charge in [0.15, 0.2) is 0 Å². The van der Waals surface area contributed by atoms with Crippen molar-refractivity contribution in [1.29, 1.82) is 0 Å². The fourth-order valence-electron chi connectivity index (χ4n) is 1.86. The van der Waals surface area contributed by atoms with Gasteiger partial charge in [0.05, 0.1) is 0 Å². The minimum atomic E-state index is -4.80. The molecule has 1 rings (SSSR count). The summed E-state index contributed by atoms with van der Waals surface area (Å²) in [5.41, 5.74) is 0. The summed E-state index contributed by atoms with van der Waals surface area (Å²) in [5, 5.41) is 47.7. The predicted molar refractivity (Wildman–Crippen MR) is 67.7 cm³/mol. The van der Waals surface area contributed by atoms with Crippen LogP contribution in [0.1, 0.15) is 0 Å². The van der Waals surface area contributed by atoms with Gasteiger partial charge in [0.1, 0.15) is 0 Å². The van der Waals surface area contributed by atoms with E-state index in [1.54, 1.807) is 0 Å². The van der Waals surface area contributed by atoms with Gasteiger partial charge in [0, 0.05) is 0 Å². The van der Waals surface area contributed by atoms with Crippen LogP contribution in [0.2, 0.25) is 16.0 Å². The molecular formula is C9H19O9SSe. The summed E-state index contributed by atoms with van der Waals surface area (Å²) in [5.74, 6) is 0. The Morgan fingerprint density at radius 3 is 2.10 bits per heavy atom. The topological polar surface area (TPSA) is 165 Å². The van der Waals surface area contributed by atoms with Crippen molar-refractivity contribution in [2.45, 2.75) is 46.5 Å². The molecule has 0 bridgehead atoms. The molecule has 5 atom stereocenters. The first-order chi connectivity index (χ1) is 9.14. The number of hydrogen-bond acceptors (Lipinski definition) is 8. The van der Waals surface area contributed by atoms with Crippen LogP contribution in [0.5, 0.6) is 0 Å². The Labute approximate surface area is 120 Å². The molecule has 0 aliphatic carbocycles. The van der Waals surface area contributed by atoms with Gasteiger partial charge in [0.2, 0.25) is 0 Å². The Morgan fingerprint density at radius 1 is 1.20 bits per heavy atom. The third kappa shape index (κ3) is 5.52. The molecule has 20 heavy (non-hydrogen) atoms. The molecule has 1 unspecified atom stereocenters. The molecule has 1 radical (unpaired) electrons. The fraction of sp³-hybridized carbons (Fsp3) is 1.00. The van der Waals surface area contributed by atoms with E-state index in [4.69, 9.17) is 9.66 Å². The maximum atomic E-state index is 10.6. The third-order valence-corrected chi connectivity index (χ3v) is 8.47. The number of hydrogen-bond donors (Lipinski definition) is 6. The van der Waals surface area contributed by atoms with Gasteiger partial charge in [-0.1, -0.05) is 0 Å². The van der Waals surface area contributed by atoms with Crippen LogP contribution in [-0.2, 0) is 14.6 Å². The molecule has 0 spiro atoms. The van der Waals surface area contributed by atoms with Crippen LogP contribution in [-0.4, -0.2) is 89.5 Å². The monoisotopic (exact) mass is 383 g/mol.